The van der Waals surface area contributed by atoms with Gasteiger partial charge in [0.05, 0.1) is 5.60 Å². The molecule has 2 unspecified atom stereocenters. The van der Waals surface area contributed by atoms with Crippen LogP contribution in [0.25, 0.3) is 0 Å². The summed E-state index contributed by atoms with van der Waals surface area (Å²) in [5.41, 5.74) is -0.301. The molecule has 0 aliphatic heterocycles. The van der Waals surface area contributed by atoms with Crippen LogP contribution in [0.1, 0.15) is 110 Å². The number of hydrogen-bond donors (Lipinski definition) is 1. The Kier molecular flexibility index (Phi) is 7.57. The van der Waals surface area contributed by atoms with Crippen molar-refractivity contribution in [1.82, 2.24) is 0 Å². The lowest BCUT2D eigenvalue weighted by molar-refractivity contribution is -0.0842. The van der Waals surface area contributed by atoms with Gasteiger partial charge in [0.2, 0.25) is 0 Å². The monoisotopic (exact) mass is 294 g/mol. The highest BCUT2D eigenvalue weighted by Gasteiger charge is 2.42. The minimum absolute atomic E-state index is 0.301. The van der Waals surface area contributed by atoms with Gasteiger partial charge in [-0.3, -0.25) is 0 Å². The van der Waals surface area contributed by atoms with Crippen LogP contribution < -0.4 is 0 Å². The van der Waals surface area contributed by atoms with Crippen molar-refractivity contribution >= 4 is 0 Å². The molecule has 0 aromatic heterocycles. The van der Waals surface area contributed by atoms with Gasteiger partial charge >= 0.3 is 0 Å². The van der Waals surface area contributed by atoms with Crippen LogP contribution in [0, 0.1) is 11.8 Å². The van der Waals surface area contributed by atoms with E-state index in [1.165, 1.54) is 89.9 Å². The Balaban J connectivity index is 1.78. The summed E-state index contributed by atoms with van der Waals surface area (Å²) in [5, 5.41) is 11.3. The van der Waals surface area contributed by atoms with E-state index >= 15 is 0 Å². The molecule has 1 heteroatoms. The molecule has 2 aliphatic rings. The van der Waals surface area contributed by atoms with E-state index in [9.17, 15) is 5.11 Å². The molecule has 2 rings (SSSR count). The molecule has 0 bridgehead atoms. The molecule has 21 heavy (non-hydrogen) atoms. The average molecular weight is 295 g/mol. The van der Waals surface area contributed by atoms with Crippen molar-refractivity contribution in [3.63, 3.8) is 0 Å². The van der Waals surface area contributed by atoms with E-state index < -0.39 is 0 Å². The second-order valence-electron chi connectivity index (χ2n) is 7.87. The molecule has 2 aliphatic carbocycles. The van der Waals surface area contributed by atoms with Gasteiger partial charge < -0.3 is 5.11 Å². The van der Waals surface area contributed by atoms with Crippen LogP contribution >= 0.6 is 0 Å². The second kappa shape index (κ2) is 9.18. The van der Waals surface area contributed by atoms with Gasteiger partial charge in [0.25, 0.3) is 0 Å². The van der Waals surface area contributed by atoms with Crippen molar-refractivity contribution < 1.29 is 5.11 Å². The van der Waals surface area contributed by atoms with Crippen LogP contribution in [0.3, 0.4) is 0 Å². The quantitative estimate of drug-likeness (QED) is 0.525. The average Bonchev–Trinajstić information content (AvgIpc) is 2.52. The highest BCUT2D eigenvalue weighted by atomic mass is 16.3. The number of unbranched alkanes of at least 4 members (excludes halogenated alkanes) is 5. The largest absolute Gasteiger partial charge is 0.390 e. The predicted molar refractivity (Wildman–Crippen MR) is 91.5 cm³/mol. The zero-order valence-electron chi connectivity index (χ0n) is 14.4. The van der Waals surface area contributed by atoms with Crippen LogP contribution in [0.4, 0.5) is 0 Å². The standard InChI is InChI=1S/C20H38O/c1-2-3-4-5-6-11-16-20(21)17-12-10-15-19(20)18-13-8-7-9-14-18/h18-19,21H,2-17H2,1H3. The summed E-state index contributed by atoms with van der Waals surface area (Å²) in [4.78, 5) is 0. The lowest BCUT2D eigenvalue weighted by atomic mass is 9.64. The molecule has 2 saturated carbocycles. The Hall–Kier alpha value is -0.0400. The van der Waals surface area contributed by atoms with Gasteiger partial charge in [-0.15, -0.1) is 0 Å². The van der Waals surface area contributed by atoms with Crippen molar-refractivity contribution in [2.45, 2.75) is 115 Å². The van der Waals surface area contributed by atoms with E-state index in [1.807, 2.05) is 0 Å². The maximum Gasteiger partial charge on any atom is 0.0678 e. The fourth-order valence-electron chi connectivity index (χ4n) is 4.98. The molecule has 0 heterocycles. The van der Waals surface area contributed by atoms with Crippen molar-refractivity contribution in [3.05, 3.63) is 0 Å². The summed E-state index contributed by atoms with van der Waals surface area (Å²) in [6, 6.07) is 0. The summed E-state index contributed by atoms with van der Waals surface area (Å²) < 4.78 is 0. The van der Waals surface area contributed by atoms with E-state index in [4.69, 9.17) is 0 Å². The normalized spacial score (nSPS) is 31.4. The summed E-state index contributed by atoms with van der Waals surface area (Å²) in [6.07, 6.45) is 21.2. The predicted octanol–water partition coefficient (Wildman–Crippen LogP) is 6.24. The third-order valence-corrected chi connectivity index (χ3v) is 6.25. The van der Waals surface area contributed by atoms with Crippen LogP contribution in [0.15, 0.2) is 0 Å². The third kappa shape index (κ3) is 5.27. The van der Waals surface area contributed by atoms with Gasteiger partial charge in [-0.05, 0) is 31.1 Å². The molecule has 0 aromatic rings. The summed E-state index contributed by atoms with van der Waals surface area (Å²) in [5.74, 6) is 1.46. The van der Waals surface area contributed by atoms with Crippen LogP contribution in [-0.4, -0.2) is 10.7 Å². The summed E-state index contributed by atoms with van der Waals surface area (Å²) in [6.45, 7) is 2.28. The smallest absolute Gasteiger partial charge is 0.0678 e. The minimum atomic E-state index is -0.301. The molecule has 1 N–H and O–H groups in total. The SMILES string of the molecule is CCCCCCCCC1(O)CCCCC1C1CCCCC1. The minimum Gasteiger partial charge on any atom is -0.390 e. The first-order valence-electron chi connectivity index (χ1n) is 9.98. The first-order chi connectivity index (χ1) is 10.3. The van der Waals surface area contributed by atoms with Crippen LogP contribution in [0.2, 0.25) is 0 Å². The van der Waals surface area contributed by atoms with Gasteiger partial charge in [-0.2, -0.15) is 0 Å². The molecule has 1 nitrogen and oxygen atoms in total. The van der Waals surface area contributed by atoms with Gasteiger partial charge in [-0.1, -0.05) is 90.4 Å². The maximum absolute atomic E-state index is 11.3. The third-order valence-electron chi connectivity index (χ3n) is 6.25. The fraction of sp³-hybridized carbons (Fsp3) is 1.00. The van der Waals surface area contributed by atoms with E-state index in [2.05, 4.69) is 6.92 Å². The molecule has 124 valence electrons. The first-order valence-corrected chi connectivity index (χ1v) is 9.98. The fourth-order valence-corrected chi connectivity index (χ4v) is 4.98. The van der Waals surface area contributed by atoms with Crippen molar-refractivity contribution in [1.29, 1.82) is 0 Å². The van der Waals surface area contributed by atoms with E-state index in [0.29, 0.717) is 5.92 Å². The van der Waals surface area contributed by atoms with Crippen molar-refractivity contribution in [2.24, 2.45) is 11.8 Å². The van der Waals surface area contributed by atoms with Crippen molar-refractivity contribution in [2.75, 3.05) is 0 Å². The molecular weight excluding hydrogens is 256 g/mol. The lowest BCUT2D eigenvalue weighted by Gasteiger charge is -2.45. The molecule has 0 radical (unpaired) electrons. The summed E-state index contributed by atoms with van der Waals surface area (Å²) >= 11 is 0. The van der Waals surface area contributed by atoms with Gasteiger partial charge in [0.1, 0.15) is 0 Å². The molecular formula is C20H38O. The zero-order valence-corrected chi connectivity index (χ0v) is 14.4. The Morgan fingerprint density at radius 1 is 0.810 bits per heavy atom. The van der Waals surface area contributed by atoms with Crippen LogP contribution in [0.5, 0.6) is 0 Å². The molecule has 0 saturated heterocycles. The highest BCUT2D eigenvalue weighted by Crippen LogP contribution is 2.46. The second-order valence-corrected chi connectivity index (χ2v) is 7.87. The number of hydrogen-bond acceptors (Lipinski definition) is 1. The molecule has 2 fully saturated rings. The van der Waals surface area contributed by atoms with Gasteiger partial charge in [0, 0.05) is 0 Å². The molecule has 0 amide bonds. The lowest BCUT2D eigenvalue weighted by Crippen LogP contribution is -2.44. The summed E-state index contributed by atoms with van der Waals surface area (Å²) in [7, 11) is 0. The van der Waals surface area contributed by atoms with Gasteiger partial charge in [-0.25, -0.2) is 0 Å². The topological polar surface area (TPSA) is 20.2 Å². The Labute approximate surface area is 132 Å². The Morgan fingerprint density at radius 3 is 2.24 bits per heavy atom. The molecule has 2 atom stereocenters. The van der Waals surface area contributed by atoms with Gasteiger partial charge in [0.15, 0.2) is 0 Å². The van der Waals surface area contributed by atoms with Crippen LogP contribution in [-0.2, 0) is 0 Å². The Morgan fingerprint density at radius 2 is 1.48 bits per heavy atom. The van der Waals surface area contributed by atoms with E-state index in [0.717, 1.165) is 18.8 Å². The zero-order chi connectivity index (χ0) is 15.0. The molecule has 0 spiro atoms. The van der Waals surface area contributed by atoms with E-state index in [1.54, 1.807) is 0 Å². The Bertz CT molecular complexity index is 269. The van der Waals surface area contributed by atoms with Crippen molar-refractivity contribution in [3.8, 4) is 0 Å². The number of aliphatic hydroxyl groups is 1. The number of rotatable bonds is 8. The maximum atomic E-state index is 11.3. The first kappa shape index (κ1) is 17.3. The van der Waals surface area contributed by atoms with E-state index in [-0.39, 0.29) is 5.60 Å². The molecule has 0 aromatic carbocycles. The highest BCUT2D eigenvalue weighted by molar-refractivity contribution is 4.94.